The molecule has 6 heteroatoms. The molecule has 0 bridgehead atoms. The molecule has 1 heterocycles. The summed E-state index contributed by atoms with van der Waals surface area (Å²) in [6, 6.07) is 3.96. The van der Waals surface area contributed by atoms with Gasteiger partial charge in [-0.25, -0.2) is 4.98 Å². The summed E-state index contributed by atoms with van der Waals surface area (Å²) in [7, 11) is 3.51. The minimum Gasteiger partial charge on any atom is -0.477 e. The van der Waals surface area contributed by atoms with E-state index < -0.39 is 0 Å². The SMILES string of the molecule is CN=C(NCc1ccc(OCC2CC2)nc1)NCC(OC)C(C)(C)C. The van der Waals surface area contributed by atoms with Crippen LogP contribution in [0.5, 0.6) is 5.88 Å². The quantitative estimate of drug-likeness (QED) is 0.558. The molecule has 1 fully saturated rings. The summed E-state index contributed by atoms with van der Waals surface area (Å²) < 4.78 is 11.2. The molecular formula is C19H32N4O2. The standard InChI is InChI=1S/C19H32N4O2/c1-19(2,3)16(24-5)12-23-18(20-4)22-11-15-8-9-17(21-10-15)25-13-14-6-7-14/h8-10,14,16H,6-7,11-13H2,1-5H3,(H2,20,22,23). The summed E-state index contributed by atoms with van der Waals surface area (Å²) >= 11 is 0. The van der Waals surface area contributed by atoms with Gasteiger partial charge in [0.1, 0.15) is 0 Å². The Morgan fingerprint density at radius 2 is 2.08 bits per heavy atom. The van der Waals surface area contributed by atoms with Crippen LogP contribution in [0, 0.1) is 11.3 Å². The van der Waals surface area contributed by atoms with Crippen molar-refractivity contribution in [1.29, 1.82) is 0 Å². The molecule has 1 aromatic heterocycles. The van der Waals surface area contributed by atoms with Gasteiger partial charge in [-0.3, -0.25) is 4.99 Å². The Balaban J connectivity index is 1.75. The first-order valence-electron chi connectivity index (χ1n) is 8.97. The van der Waals surface area contributed by atoms with Crippen molar-refractivity contribution in [2.75, 3.05) is 27.3 Å². The van der Waals surface area contributed by atoms with E-state index in [2.05, 4.69) is 41.4 Å². The summed E-state index contributed by atoms with van der Waals surface area (Å²) in [4.78, 5) is 8.62. The minimum atomic E-state index is 0.0703. The predicted octanol–water partition coefficient (Wildman–Crippen LogP) is 2.60. The second kappa shape index (κ2) is 9.04. The molecule has 0 amide bonds. The maximum atomic E-state index is 5.66. The molecule has 140 valence electrons. The van der Waals surface area contributed by atoms with Gasteiger partial charge in [-0.2, -0.15) is 0 Å². The highest BCUT2D eigenvalue weighted by atomic mass is 16.5. The van der Waals surface area contributed by atoms with Crippen molar-refractivity contribution in [3.8, 4) is 5.88 Å². The van der Waals surface area contributed by atoms with Crippen LogP contribution in [0.4, 0.5) is 0 Å². The lowest BCUT2D eigenvalue weighted by Crippen LogP contribution is -2.45. The first kappa shape index (κ1) is 19.5. The fourth-order valence-corrected chi connectivity index (χ4v) is 2.43. The Labute approximate surface area is 151 Å². The fraction of sp³-hybridized carbons (Fsp3) is 0.684. The number of pyridine rings is 1. The van der Waals surface area contributed by atoms with E-state index in [1.54, 1.807) is 14.2 Å². The number of guanidine groups is 1. The maximum absolute atomic E-state index is 5.66. The van der Waals surface area contributed by atoms with Gasteiger partial charge in [0, 0.05) is 39.5 Å². The minimum absolute atomic E-state index is 0.0703. The topological polar surface area (TPSA) is 67.8 Å². The summed E-state index contributed by atoms with van der Waals surface area (Å²) in [5.41, 5.74) is 1.15. The molecular weight excluding hydrogens is 316 g/mol. The van der Waals surface area contributed by atoms with Crippen molar-refractivity contribution in [3.05, 3.63) is 23.9 Å². The van der Waals surface area contributed by atoms with Crippen LogP contribution in [0.15, 0.2) is 23.3 Å². The van der Waals surface area contributed by atoms with Crippen LogP contribution in [0.25, 0.3) is 0 Å². The third-order valence-electron chi connectivity index (χ3n) is 4.35. The Morgan fingerprint density at radius 3 is 2.60 bits per heavy atom. The lowest BCUT2D eigenvalue weighted by atomic mass is 9.89. The number of hydrogen-bond acceptors (Lipinski definition) is 4. The third-order valence-corrected chi connectivity index (χ3v) is 4.35. The molecule has 0 radical (unpaired) electrons. The molecule has 1 saturated carbocycles. The molecule has 2 rings (SSSR count). The van der Waals surface area contributed by atoms with Crippen LogP contribution in [0.1, 0.15) is 39.2 Å². The van der Waals surface area contributed by atoms with Gasteiger partial charge in [0.15, 0.2) is 5.96 Å². The molecule has 0 aromatic carbocycles. The molecule has 1 atom stereocenters. The molecule has 1 aliphatic carbocycles. The zero-order valence-electron chi connectivity index (χ0n) is 16.1. The van der Waals surface area contributed by atoms with Crippen molar-refractivity contribution in [2.45, 2.75) is 46.3 Å². The molecule has 0 spiro atoms. The lowest BCUT2D eigenvalue weighted by molar-refractivity contribution is 0.0205. The van der Waals surface area contributed by atoms with E-state index >= 15 is 0 Å². The number of rotatable bonds is 8. The highest BCUT2D eigenvalue weighted by molar-refractivity contribution is 5.79. The van der Waals surface area contributed by atoms with Crippen LogP contribution in [-0.2, 0) is 11.3 Å². The maximum Gasteiger partial charge on any atom is 0.213 e. The number of aromatic nitrogens is 1. The average molecular weight is 348 g/mol. The van der Waals surface area contributed by atoms with Gasteiger partial charge in [-0.1, -0.05) is 26.8 Å². The highest BCUT2D eigenvalue weighted by Gasteiger charge is 2.24. The Morgan fingerprint density at radius 1 is 1.32 bits per heavy atom. The van der Waals surface area contributed by atoms with E-state index in [9.17, 15) is 0 Å². The normalized spacial score (nSPS) is 16.4. The largest absolute Gasteiger partial charge is 0.477 e. The van der Waals surface area contributed by atoms with Crippen LogP contribution < -0.4 is 15.4 Å². The number of aliphatic imine (C=N–C) groups is 1. The van der Waals surface area contributed by atoms with Gasteiger partial charge in [0.2, 0.25) is 5.88 Å². The van der Waals surface area contributed by atoms with Crippen LogP contribution in [-0.4, -0.2) is 44.4 Å². The summed E-state index contributed by atoms with van der Waals surface area (Å²) in [5, 5.41) is 6.62. The number of nitrogens with zero attached hydrogens (tertiary/aromatic N) is 2. The van der Waals surface area contributed by atoms with E-state index in [1.807, 2.05) is 18.3 Å². The van der Waals surface area contributed by atoms with Crippen molar-refractivity contribution >= 4 is 5.96 Å². The van der Waals surface area contributed by atoms with Gasteiger partial charge in [0.05, 0.1) is 12.7 Å². The molecule has 1 aliphatic rings. The van der Waals surface area contributed by atoms with Crippen molar-refractivity contribution in [1.82, 2.24) is 15.6 Å². The summed E-state index contributed by atoms with van der Waals surface area (Å²) in [5.74, 6) is 2.19. The Kier molecular flexibility index (Phi) is 7.05. The van der Waals surface area contributed by atoms with Gasteiger partial charge < -0.3 is 20.1 Å². The molecule has 0 saturated heterocycles. The Hall–Kier alpha value is -1.82. The zero-order chi connectivity index (χ0) is 18.3. The fourth-order valence-electron chi connectivity index (χ4n) is 2.43. The highest BCUT2D eigenvalue weighted by Crippen LogP contribution is 2.29. The Bertz CT molecular complexity index is 548. The van der Waals surface area contributed by atoms with Gasteiger partial charge >= 0.3 is 0 Å². The zero-order valence-corrected chi connectivity index (χ0v) is 16.1. The number of ether oxygens (including phenoxy) is 2. The monoisotopic (exact) mass is 348 g/mol. The second-order valence-corrected chi connectivity index (χ2v) is 7.66. The van der Waals surface area contributed by atoms with Crippen molar-refractivity contribution in [3.63, 3.8) is 0 Å². The smallest absolute Gasteiger partial charge is 0.213 e. The van der Waals surface area contributed by atoms with Crippen molar-refractivity contribution in [2.24, 2.45) is 16.3 Å². The second-order valence-electron chi connectivity index (χ2n) is 7.66. The molecule has 6 nitrogen and oxygen atoms in total. The molecule has 2 N–H and O–H groups in total. The van der Waals surface area contributed by atoms with Gasteiger partial charge in [0.25, 0.3) is 0 Å². The van der Waals surface area contributed by atoms with Gasteiger partial charge in [-0.05, 0) is 29.7 Å². The molecule has 1 aromatic rings. The van der Waals surface area contributed by atoms with E-state index in [4.69, 9.17) is 9.47 Å². The predicted molar refractivity (Wildman–Crippen MR) is 101 cm³/mol. The number of hydrogen-bond donors (Lipinski definition) is 2. The van der Waals surface area contributed by atoms with E-state index in [0.717, 1.165) is 24.0 Å². The number of nitrogens with one attached hydrogen (secondary N) is 2. The van der Waals surface area contributed by atoms with Gasteiger partial charge in [-0.15, -0.1) is 0 Å². The van der Waals surface area contributed by atoms with Crippen LogP contribution in [0.2, 0.25) is 0 Å². The lowest BCUT2D eigenvalue weighted by Gasteiger charge is -2.30. The molecule has 25 heavy (non-hydrogen) atoms. The van der Waals surface area contributed by atoms with Crippen LogP contribution in [0.3, 0.4) is 0 Å². The first-order valence-corrected chi connectivity index (χ1v) is 8.97. The van der Waals surface area contributed by atoms with E-state index in [1.165, 1.54) is 12.8 Å². The van der Waals surface area contributed by atoms with E-state index in [-0.39, 0.29) is 11.5 Å². The summed E-state index contributed by atoms with van der Waals surface area (Å²) in [6.45, 7) is 8.64. The number of methoxy groups -OCH3 is 1. The molecule has 0 aliphatic heterocycles. The molecule has 1 unspecified atom stereocenters. The third kappa shape index (κ3) is 6.90. The van der Waals surface area contributed by atoms with E-state index in [0.29, 0.717) is 19.0 Å². The average Bonchev–Trinajstić information content (AvgIpc) is 3.40. The van der Waals surface area contributed by atoms with Crippen LogP contribution >= 0.6 is 0 Å². The van der Waals surface area contributed by atoms with Crippen molar-refractivity contribution < 1.29 is 9.47 Å². The first-order chi connectivity index (χ1) is 11.9. The summed E-state index contributed by atoms with van der Waals surface area (Å²) in [6.07, 6.45) is 4.52.